The Morgan fingerprint density at radius 3 is 1.95 bits per heavy atom. The zero-order chi connectivity index (χ0) is 14.7. The molecule has 10 heteroatoms. The van der Waals surface area contributed by atoms with E-state index in [0.717, 1.165) is 12.1 Å². The number of hydrogen-bond donors (Lipinski definition) is 3. The maximum atomic E-state index is 10.6. The van der Waals surface area contributed by atoms with Crippen LogP contribution in [0.4, 0.5) is 11.4 Å². The second-order valence-electron chi connectivity index (χ2n) is 3.46. The molecule has 1 rings (SSSR count). The molecule has 1 aromatic carbocycles. The smallest absolute Gasteiger partial charge is 0.349 e. The molecule has 0 atom stereocenters. The van der Waals surface area contributed by atoms with Gasteiger partial charge in [-0.05, 0) is 5.56 Å². The van der Waals surface area contributed by atoms with E-state index in [0.29, 0.717) is 0 Å². The minimum atomic E-state index is -1.54. The number of nitro groups is 2. The Bertz CT molecular complexity index is 560. The second-order valence-corrected chi connectivity index (χ2v) is 3.46. The lowest BCUT2D eigenvalue weighted by Crippen LogP contribution is -2.14. The largest absolute Gasteiger partial charge is 0.497 e. The first-order valence-electron chi connectivity index (χ1n) is 4.69. The summed E-state index contributed by atoms with van der Waals surface area (Å²) in [6, 6.07) is 1.58. The summed E-state index contributed by atoms with van der Waals surface area (Å²) in [5.41, 5.74) is -2.73. The lowest BCUT2D eigenvalue weighted by atomic mass is 10.1. The van der Waals surface area contributed by atoms with E-state index in [2.05, 4.69) is 0 Å². The zero-order valence-corrected chi connectivity index (χ0v) is 9.19. The quantitative estimate of drug-likeness (QED) is 0.404. The van der Waals surface area contributed by atoms with Crippen molar-refractivity contribution in [1.82, 2.24) is 0 Å². The molecule has 100 valence electrons. The number of benzene rings is 1. The summed E-state index contributed by atoms with van der Waals surface area (Å²) in [5.74, 6) is -2.65. The molecule has 0 saturated carbocycles. The highest BCUT2D eigenvalue weighted by Gasteiger charge is 2.26. The zero-order valence-electron chi connectivity index (χ0n) is 9.19. The molecule has 0 spiro atoms. The number of nitrogens with one attached hydrogen (secondary N) is 1. The fourth-order valence-electron chi connectivity index (χ4n) is 1.32. The average Bonchev–Trinajstić information content (AvgIpc) is 2.30. The molecule has 1 aromatic rings. The third kappa shape index (κ3) is 3.00. The Morgan fingerprint density at radius 2 is 1.63 bits per heavy atom. The molecule has 3 N–H and O–H groups in total. The highest BCUT2D eigenvalue weighted by molar-refractivity contribution is 6.34. The van der Waals surface area contributed by atoms with Crippen LogP contribution in [0.1, 0.15) is 5.56 Å². The van der Waals surface area contributed by atoms with Crippen LogP contribution in [0.2, 0.25) is 0 Å². The Kier molecular flexibility index (Phi) is 3.75. The van der Waals surface area contributed by atoms with Crippen molar-refractivity contribution < 1.29 is 24.9 Å². The number of aliphatic carboxylic acids is 1. The van der Waals surface area contributed by atoms with Gasteiger partial charge in [0.2, 0.25) is 0 Å². The number of carboxylic acids is 1. The van der Waals surface area contributed by atoms with Crippen molar-refractivity contribution >= 4 is 23.1 Å². The van der Waals surface area contributed by atoms with Crippen molar-refractivity contribution in [3.63, 3.8) is 0 Å². The number of phenols is 1. The standard InChI is InChI=1S/C9H7N3O7/c10-5(9(14)15)1-4-2-6(11(16)17)8(13)7(3-4)12(18)19/h2-3,10,13H,1H2,(H,14,15). The third-order valence-electron chi connectivity index (χ3n) is 2.16. The topological polar surface area (TPSA) is 168 Å². The Hall–Kier alpha value is -3.04. The maximum absolute atomic E-state index is 10.6. The maximum Gasteiger partial charge on any atom is 0.349 e. The Balaban J connectivity index is 3.34. The van der Waals surface area contributed by atoms with Crippen LogP contribution in [0.3, 0.4) is 0 Å². The van der Waals surface area contributed by atoms with Gasteiger partial charge in [0.05, 0.1) is 9.85 Å². The molecule has 0 amide bonds. The molecule has 0 aliphatic carbocycles. The number of phenolic OH excluding ortho intramolecular Hbond substituents is 1. The van der Waals surface area contributed by atoms with Crippen LogP contribution < -0.4 is 0 Å². The first kappa shape index (κ1) is 14.0. The molecule has 0 aliphatic rings. The van der Waals surface area contributed by atoms with Crippen molar-refractivity contribution in [3.05, 3.63) is 37.9 Å². The lowest BCUT2D eigenvalue weighted by molar-refractivity contribution is -0.396. The Labute approximate surface area is 104 Å². The fourth-order valence-corrected chi connectivity index (χ4v) is 1.32. The average molecular weight is 269 g/mol. The number of nitro benzene ring substituents is 2. The van der Waals surface area contributed by atoms with Crippen LogP contribution in [-0.2, 0) is 11.2 Å². The van der Waals surface area contributed by atoms with Gasteiger partial charge in [0.25, 0.3) is 5.75 Å². The van der Waals surface area contributed by atoms with E-state index in [1.165, 1.54) is 0 Å². The van der Waals surface area contributed by atoms with E-state index in [-0.39, 0.29) is 5.56 Å². The number of rotatable bonds is 5. The molecule has 19 heavy (non-hydrogen) atoms. The van der Waals surface area contributed by atoms with Crippen molar-refractivity contribution in [2.24, 2.45) is 0 Å². The summed E-state index contributed by atoms with van der Waals surface area (Å²) < 4.78 is 0. The number of carbonyl (C=O) groups is 1. The summed E-state index contributed by atoms with van der Waals surface area (Å²) in [4.78, 5) is 29.6. The van der Waals surface area contributed by atoms with E-state index in [1.54, 1.807) is 0 Å². The van der Waals surface area contributed by atoms with Crippen LogP contribution in [0, 0.1) is 25.6 Å². The second kappa shape index (κ2) is 5.08. The Morgan fingerprint density at radius 1 is 1.21 bits per heavy atom. The summed E-state index contributed by atoms with van der Waals surface area (Å²) in [6.45, 7) is 0. The van der Waals surface area contributed by atoms with Gasteiger partial charge < -0.3 is 10.2 Å². The normalized spacial score (nSPS) is 9.89. The lowest BCUT2D eigenvalue weighted by Gasteiger charge is -2.03. The van der Waals surface area contributed by atoms with Gasteiger partial charge in [0, 0.05) is 18.6 Å². The molecule has 0 unspecified atom stereocenters. The summed E-state index contributed by atoms with van der Waals surface area (Å²) in [6.07, 6.45) is -0.530. The minimum Gasteiger partial charge on any atom is -0.497 e. The first-order chi connectivity index (χ1) is 8.73. The minimum absolute atomic E-state index is 0.122. The molecular formula is C9H7N3O7. The van der Waals surface area contributed by atoms with Gasteiger partial charge in [-0.3, -0.25) is 25.6 Å². The van der Waals surface area contributed by atoms with Gasteiger partial charge >= 0.3 is 17.3 Å². The van der Waals surface area contributed by atoms with Gasteiger partial charge in [0.15, 0.2) is 0 Å². The number of hydrogen-bond acceptors (Lipinski definition) is 7. The van der Waals surface area contributed by atoms with Crippen molar-refractivity contribution in [2.45, 2.75) is 6.42 Å². The molecule has 0 saturated heterocycles. The van der Waals surface area contributed by atoms with Gasteiger partial charge in [0.1, 0.15) is 5.71 Å². The summed E-state index contributed by atoms with van der Waals surface area (Å²) >= 11 is 0. The fraction of sp³-hybridized carbons (Fsp3) is 0.111. The molecular weight excluding hydrogens is 262 g/mol. The molecule has 0 aromatic heterocycles. The van der Waals surface area contributed by atoms with E-state index in [4.69, 9.17) is 10.5 Å². The molecule has 0 bridgehead atoms. The van der Waals surface area contributed by atoms with E-state index < -0.39 is 45.1 Å². The SMILES string of the molecule is N=C(Cc1cc([N+](=O)[O-])c(O)c([N+](=O)[O-])c1)C(=O)O. The van der Waals surface area contributed by atoms with Gasteiger partial charge in [-0.2, -0.15) is 0 Å². The van der Waals surface area contributed by atoms with Crippen molar-refractivity contribution in [1.29, 1.82) is 5.41 Å². The first-order valence-corrected chi connectivity index (χ1v) is 4.69. The highest BCUT2D eigenvalue weighted by Crippen LogP contribution is 2.36. The molecule has 0 aliphatic heterocycles. The van der Waals surface area contributed by atoms with E-state index >= 15 is 0 Å². The van der Waals surface area contributed by atoms with Crippen LogP contribution in [-0.4, -0.2) is 31.7 Å². The summed E-state index contributed by atoms with van der Waals surface area (Å²) in [5, 5.41) is 46.2. The summed E-state index contributed by atoms with van der Waals surface area (Å²) in [7, 11) is 0. The molecule has 0 fully saturated rings. The van der Waals surface area contributed by atoms with Crippen LogP contribution >= 0.6 is 0 Å². The molecule has 0 heterocycles. The van der Waals surface area contributed by atoms with Gasteiger partial charge in [-0.1, -0.05) is 0 Å². The number of carboxylic acid groups (broad SMARTS) is 1. The monoisotopic (exact) mass is 269 g/mol. The van der Waals surface area contributed by atoms with Crippen LogP contribution in [0.25, 0.3) is 0 Å². The van der Waals surface area contributed by atoms with Gasteiger partial charge in [-0.15, -0.1) is 0 Å². The van der Waals surface area contributed by atoms with E-state index in [9.17, 15) is 30.1 Å². The third-order valence-corrected chi connectivity index (χ3v) is 2.16. The van der Waals surface area contributed by atoms with Gasteiger partial charge in [-0.25, -0.2) is 4.79 Å². The molecule has 10 nitrogen and oxygen atoms in total. The highest BCUT2D eigenvalue weighted by atomic mass is 16.6. The van der Waals surface area contributed by atoms with Crippen molar-refractivity contribution in [2.75, 3.05) is 0 Å². The van der Waals surface area contributed by atoms with Crippen molar-refractivity contribution in [3.8, 4) is 5.75 Å². The predicted octanol–water partition coefficient (Wildman–Crippen LogP) is 0.855. The number of nitrogens with zero attached hydrogens (tertiary/aromatic N) is 2. The molecule has 0 radical (unpaired) electrons. The van der Waals surface area contributed by atoms with E-state index in [1.807, 2.05) is 0 Å². The van der Waals surface area contributed by atoms with Crippen LogP contribution in [0.15, 0.2) is 12.1 Å². The predicted molar refractivity (Wildman–Crippen MR) is 60.5 cm³/mol. The number of aromatic hydroxyl groups is 1. The van der Waals surface area contributed by atoms with Crippen LogP contribution in [0.5, 0.6) is 5.75 Å².